The number of hydrogen-bond acceptors (Lipinski definition) is 3. The standard InChI is InChI=1S/C13H16BrN3O/c1-2-18-10-3-8(4-10)5-12-16-11-6-9(14)7-15-13(11)17-12/h6-8,10H,2-5H2,1H3,(H,15,16,17). The second-order valence-corrected chi connectivity index (χ2v) is 5.74. The SMILES string of the molecule is CCOC1CC(Cc2nc3ncc(Br)cc3[nH]2)C1. The van der Waals surface area contributed by atoms with Gasteiger partial charge in [-0.1, -0.05) is 0 Å². The molecule has 2 aromatic rings. The number of aromatic nitrogens is 3. The maximum absolute atomic E-state index is 5.57. The Morgan fingerprint density at radius 2 is 2.33 bits per heavy atom. The lowest BCUT2D eigenvalue weighted by molar-refractivity contribution is -0.0244. The fraction of sp³-hybridized carbons (Fsp3) is 0.538. The maximum Gasteiger partial charge on any atom is 0.177 e. The summed E-state index contributed by atoms with van der Waals surface area (Å²) in [6, 6.07) is 2.02. The highest BCUT2D eigenvalue weighted by Crippen LogP contribution is 2.32. The van der Waals surface area contributed by atoms with Gasteiger partial charge in [-0.25, -0.2) is 9.97 Å². The first-order valence-electron chi connectivity index (χ1n) is 6.36. The predicted molar refractivity (Wildman–Crippen MR) is 73.4 cm³/mol. The number of halogens is 1. The zero-order valence-corrected chi connectivity index (χ0v) is 11.9. The van der Waals surface area contributed by atoms with Gasteiger partial charge in [0.25, 0.3) is 0 Å². The fourth-order valence-corrected chi connectivity index (χ4v) is 2.84. The lowest BCUT2D eigenvalue weighted by atomic mass is 9.80. The van der Waals surface area contributed by atoms with Gasteiger partial charge in [0, 0.05) is 23.7 Å². The van der Waals surface area contributed by atoms with Gasteiger partial charge in [0.15, 0.2) is 5.65 Å². The van der Waals surface area contributed by atoms with E-state index >= 15 is 0 Å². The monoisotopic (exact) mass is 309 g/mol. The molecule has 0 saturated heterocycles. The highest BCUT2D eigenvalue weighted by molar-refractivity contribution is 9.10. The molecule has 1 aliphatic rings. The van der Waals surface area contributed by atoms with Crippen molar-refractivity contribution >= 4 is 27.1 Å². The minimum absolute atomic E-state index is 0.469. The van der Waals surface area contributed by atoms with E-state index in [0.717, 1.165) is 47.3 Å². The number of ether oxygens (including phenoxy) is 1. The Morgan fingerprint density at radius 3 is 3.11 bits per heavy atom. The van der Waals surface area contributed by atoms with Crippen molar-refractivity contribution in [3.63, 3.8) is 0 Å². The van der Waals surface area contributed by atoms with Gasteiger partial charge in [-0.15, -0.1) is 0 Å². The van der Waals surface area contributed by atoms with E-state index in [1.54, 1.807) is 6.20 Å². The van der Waals surface area contributed by atoms with Crippen LogP contribution in [0.25, 0.3) is 11.2 Å². The number of nitrogens with one attached hydrogen (secondary N) is 1. The summed E-state index contributed by atoms with van der Waals surface area (Å²) in [5.74, 6) is 1.74. The third-order valence-electron chi connectivity index (χ3n) is 3.43. The van der Waals surface area contributed by atoms with Crippen LogP contribution in [0.1, 0.15) is 25.6 Å². The van der Waals surface area contributed by atoms with E-state index in [0.29, 0.717) is 12.0 Å². The Bertz CT molecular complexity index is 548. The number of rotatable bonds is 4. The van der Waals surface area contributed by atoms with Crippen molar-refractivity contribution in [2.75, 3.05) is 6.61 Å². The molecule has 0 radical (unpaired) electrons. The quantitative estimate of drug-likeness (QED) is 0.944. The topological polar surface area (TPSA) is 50.8 Å². The van der Waals surface area contributed by atoms with Crippen LogP contribution in [0, 0.1) is 5.92 Å². The van der Waals surface area contributed by atoms with E-state index in [1.807, 2.05) is 6.07 Å². The summed E-state index contributed by atoms with van der Waals surface area (Å²) in [6.45, 7) is 2.87. The summed E-state index contributed by atoms with van der Waals surface area (Å²) in [7, 11) is 0. The summed E-state index contributed by atoms with van der Waals surface area (Å²) in [6.07, 6.45) is 5.56. The van der Waals surface area contributed by atoms with Crippen LogP contribution >= 0.6 is 15.9 Å². The highest BCUT2D eigenvalue weighted by atomic mass is 79.9. The van der Waals surface area contributed by atoms with Crippen LogP contribution in [0.2, 0.25) is 0 Å². The van der Waals surface area contributed by atoms with Crippen LogP contribution in [0.5, 0.6) is 0 Å². The molecule has 1 N–H and O–H groups in total. The average Bonchev–Trinajstić information content (AvgIpc) is 2.68. The molecule has 2 aromatic heterocycles. The van der Waals surface area contributed by atoms with Gasteiger partial charge in [-0.2, -0.15) is 0 Å². The number of hydrogen-bond donors (Lipinski definition) is 1. The van der Waals surface area contributed by atoms with Gasteiger partial charge in [-0.3, -0.25) is 0 Å². The van der Waals surface area contributed by atoms with Crippen LogP contribution in [0.4, 0.5) is 0 Å². The summed E-state index contributed by atoms with van der Waals surface area (Å²) in [4.78, 5) is 12.1. The number of imidazole rings is 1. The van der Waals surface area contributed by atoms with Crippen molar-refractivity contribution < 1.29 is 4.74 Å². The molecule has 2 heterocycles. The van der Waals surface area contributed by atoms with Crippen LogP contribution in [-0.4, -0.2) is 27.7 Å². The third kappa shape index (κ3) is 2.42. The van der Waals surface area contributed by atoms with E-state index in [-0.39, 0.29) is 0 Å². The number of fused-ring (bicyclic) bond motifs is 1. The number of aromatic amines is 1. The molecular weight excluding hydrogens is 294 g/mol. The molecule has 4 nitrogen and oxygen atoms in total. The number of nitrogens with zero attached hydrogens (tertiary/aromatic N) is 2. The molecule has 0 bridgehead atoms. The molecule has 3 rings (SSSR count). The normalized spacial score (nSPS) is 23.2. The van der Waals surface area contributed by atoms with Gasteiger partial charge in [0.05, 0.1) is 11.6 Å². The van der Waals surface area contributed by atoms with Crippen molar-refractivity contribution in [2.24, 2.45) is 5.92 Å². The van der Waals surface area contributed by atoms with Crippen LogP contribution in [0.3, 0.4) is 0 Å². The smallest absolute Gasteiger partial charge is 0.177 e. The molecule has 0 atom stereocenters. The molecule has 0 spiro atoms. The van der Waals surface area contributed by atoms with Gasteiger partial charge in [0.1, 0.15) is 5.82 Å². The van der Waals surface area contributed by atoms with Crippen LogP contribution in [0.15, 0.2) is 16.7 Å². The lowest BCUT2D eigenvalue weighted by Gasteiger charge is -2.34. The van der Waals surface area contributed by atoms with Gasteiger partial charge < -0.3 is 9.72 Å². The van der Waals surface area contributed by atoms with E-state index in [9.17, 15) is 0 Å². The number of H-pyrrole nitrogens is 1. The van der Waals surface area contributed by atoms with Crippen molar-refractivity contribution in [2.45, 2.75) is 32.3 Å². The first-order chi connectivity index (χ1) is 8.74. The van der Waals surface area contributed by atoms with Crippen LogP contribution < -0.4 is 0 Å². The van der Waals surface area contributed by atoms with Crippen molar-refractivity contribution in [1.29, 1.82) is 0 Å². The molecule has 1 aliphatic carbocycles. The minimum Gasteiger partial charge on any atom is -0.378 e. The van der Waals surface area contributed by atoms with E-state index < -0.39 is 0 Å². The van der Waals surface area contributed by atoms with Gasteiger partial charge in [0.2, 0.25) is 0 Å². The maximum atomic E-state index is 5.57. The van der Waals surface area contributed by atoms with Crippen molar-refractivity contribution in [3.8, 4) is 0 Å². The van der Waals surface area contributed by atoms with Crippen LogP contribution in [-0.2, 0) is 11.2 Å². The average molecular weight is 310 g/mol. The number of pyridine rings is 1. The molecule has 18 heavy (non-hydrogen) atoms. The summed E-state index contributed by atoms with van der Waals surface area (Å²) >= 11 is 3.42. The summed E-state index contributed by atoms with van der Waals surface area (Å²) in [5, 5.41) is 0. The molecule has 1 saturated carbocycles. The second-order valence-electron chi connectivity index (χ2n) is 4.83. The van der Waals surface area contributed by atoms with Gasteiger partial charge >= 0.3 is 0 Å². The first-order valence-corrected chi connectivity index (χ1v) is 7.15. The Hall–Kier alpha value is -0.940. The Labute approximate surface area is 114 Å². The molecule has 1 fully saturated rings. The highest BCUT2D eigenvalue weighted by Gasteiger charge is 2.30. The Morgan fingerprint density at radius 1 is 1.50 bits per heavy atom. The second kappa shape index (κ2) is 4.97. The van der Waals surface area contributed by atoms with E-state index in [2.05, 4.69) is 37.8 Å². The summed E-state index contributed by atoms with van der Waals surface area (Å²) < 4.78 is 6.55. The molecule has 96 valence electrons. The third-order valence-corrected chi connectivity index (χ3v) is 3.86. The fourth-order valence-electron chi connectivity index (χ4n) is 2.51. The van der Waals surface area contributed by atoms with E-state index in [1.165, 1.54) is 0 Å². The zero-order valence-electron chi connectivity index (χ0n) is 10.3. The summed E-state index contributed by atoms with van der Waals surface area (Å²) in [5.41, 5.74) is 1.80. The lowest BCUT2D eigenvalue weighted by Crippen LogP contribution is -2.32. The minimum atomic E-state index is 0.469. The van der Waals surface area contributed by atoms with Crippen molar-refractivity contribution in [1.82, 2.24) is 15.0 Å². The molecule has 0 unspecified atom stereocenters. The molecule has 0 aromatic carbocycles. The first kappa shape index (κ1) is 12.1. The Balaban J connectivity index is 1.65. The predicted octanol–water partition coefficient (Wildman–Crippen LogP) is 3.08. The molecule has 0 amide bonds. The Kier molecular flexibility index (Phi) is 3.35. The van der Waals surface area contributed by atoms with Gasteiger partial charge in [-0.05, 0) is 47.7 Å². The largest absolute Gasteiger partial charge is 0.378 e. The zero-order chi connectivity index (χ0) is 12.5. The van der Waals surface area contributed by atoms with E-state index in [4.69, 9.17) is 4.74 Å². The van der Waals surface area contributed by atoms with Crippen molar-refractivity contribution in [3.05, 3.63) is 22.6 Å². The molecular formula is C13H16BrN3O. The molecule has 5 heteroatoms. The molecule has 0 aliphatic heterocycles.